The van der Waals surface area contributed by atoms with Gasteiger partial charge in [0.05, 0.1) is 0 Å². The molecule has 0 heterocycles. The summed E-state index contributed by atoms with van der Waals surface area (Å²) < 4.78 is 15.5. The third kappa shape index (κ3) is 12.5. The molecule has 0 radical (unpaired) electrons. The normalized spacial score (nSPS) is 13.9. The Labute approximate surface area is 185 Å². The van der Waals surface area contributed by atoms with E-state index in [1.165, 1.54) is 35.3 Å². The maximum absolute atomic E-state index is 12.1. The van der Waals surface area contributed by atoms with E-state index in [9.17, 15) is 14.4 Å². The Balaban J connectivity index is 4.96. The minimum atomic E-state index is -4.05. The summed E-state index contributed by atoms with van der Waals surface area (Å²) >= 11 is 0.543. The number of rotatable bonds is 15. The maximum atomic E-state index is 12.1. The van der Waals surface area contributed by atoms with Crippen LogP contribution in [-0.2, 0) is 25.0 Å². The Morgan fingerprint density at radius 1 is 0.679 bits per heavy atom. The molecule has 0 rings (SSSR count). The second-order valence-electron chi connectivity index (χ2n) is 5.76. The summed E-state index contributed by atoms with van der Waals surface area (Å²) in [6.07, 6.45) is 6.81. The van der Waals surface area contributed by atoms with E-state index in [-0.39, 0.29) is 0 Å². The van der Waals surface area contributed by atoms with Crippen molar-refractivity contribution >= 4 is 70.5 Å². The average molecular weight is 514 g/mol. The van der Waals surface area contributed by atoms with Gasteiger partial charge in [0.15, 0.2) is 0 Å². The van der Waals surface area contributed by atoms with Gasteiger partial charge in [0.2, 0.25) is 0 Å². The van der Waals surface area contributed by atoms with Crippen molar-refractivity contribution in [3.63, 3.8) is 0 Å². The van der Waals surface area contributed by atoms with Gasteiger partial charge in [-0.25, -0.2) is 0 Å². The van der Waals surface area contributed by atoms with Gasteiger partial charge < -0.3 is 0 Å². The zero-order chi connectivity index (χ0) is 21.5. The monoisotopic (exact) mass is 513 g/mol. The van der Waals surface area contributed by atoms with Crippen molar-refractivity contribution in [2.24, 2.45) is 17.2 Å². The van der Waals surface area contributed by atoms with Crippen LogP contribution in [0.2, 0.25) is 0 Å². The first kappa shape index (κ1) is 28.0. The topological polar surface area (TPSA) is 157 Å². The molecular formula is C15H30GaN3O6S3. The SMILES string of the molecule is CSCCC(N)C(=O)[O][Ga]([O]C(=O)C(N)CCSC)[O]C(=O)C(N)CCSC. The first-order chi connectivity index (χ1) is 13.3. The Bertz CT molecular complexity index is 425. The predicted molar refractivity (Wildman–Crippen MR) is 117 cm³/mol. The van der Waals surface area contributed by atoms with Crippen molar-refractivity contribution in [2.75, 3.05) is 36.0 Å². The van der Waals surface area contributed by atoms with Crippen LogP contribution in [0.3, 0.4) is 0 Å². The summed E-state index contributed by atoms with van der Waals surface area (Å²) in [5.74, 6) is -0.327. The van der Waals surface area contributed by atoms with Crippen molar-refractivity contribution in [2.45, 2.75) is 37.4 Å². The molecule has 0 spiro atoms. The van der Waals surface area contributed by atoms with Gasteiger partial charge in [-0.1, -0.05) is 0 Å². The van der Waals surface area contributed by atoms with Crippen molar-refractivity contribution in [3.05, 3.63) is 0 Å². The molecule has 9 nitrogen and oxygen atoms in total. The molecule has 0 aliphatic heterocycles. The van der Waals surface area contributed by atoms with Gasteiger partial charge in [-0.05, 0) is 0 Å². The summed E-state index contributed by atoms with van der Waals surface area (Å²) in [7, 11) is 0. The Kier molecular flexibility index (Phi) is 16.7. The molecule has 0 amide bonds. The predicted octanol–water partition coefficient (Wildman–Crippen LogP) is -0.158. The standard InChI is InChI=1S/3C5H11NO2S.Ga/c3*1-9-3-2-4(6)5(7)8;/h3*4H,2-3,6H2,1H3,(H,7,8);/q;;;+3/p-3. The molecule has 0 aliphatic rings. The summed E-state index contributed by atoms with van der Waals surface area (Å²) in [5, 5.41) is 0. The number of hydrogen-bond acceptors (Lipinski definition) is 12. The summed E-state index contributed by atoms with van der Waals surface area (Å²) in [6.45, 7) is 0. The first-order valence-corrected chi connectivity index (χ1v) is 15.8. The van der Waals surface area contributed by atoms with E-state index in [0.29, 0.717) is 36.5 Å². The van der Waals surface area contributed by atoms with Crippen LogP contribution in [-0.4, -0.2) is 89.4 Å². The van der Waals surface area contributed by atoms with Gasteiger partial charge >= 0.3 is 186 Å². The van der Waals surface area contributed by atoms with Crippen LogP contribution < -0.4 is 17.2 Å². The van der Waals surface area contributed by atoms with Gasteiger partial charge in [0.1, 0.15) is 0 Å². The minimum absolute atomic E-state index is 0.386. The molecule has 13 heteroatoms. The van der Waals surface area contributed by atoms with Crippen molar-refractivity contribution in [1.82, 2.24) is 0 Å². The van der Waals surface area contributed by atoms with Crippen molar-refractivity contribution in [3.8, 4) is 0 Å². The van der Waals surface area contributed by atoms with E-state index >= 15 is 0 Å². The van der Waals surface area contributed by atoms with E-state index in [4.69, 9.17) is 27.8 Å². The Hall–Kier alpha value is -0.0236. The van der Waals surface area contributed by atoms with E-state index < -0.39 is 53.3 Å². The van der Waals surface area contributed by atoms with E-state index in [0.717, 1.165) is 0 Å². The van der Waals surface area contributed by atoms with E-state index in [2.05, 4.69) is 0 Å². The molecule has 3 unspecified atom stereocenters. The van der Waals surface area contributed by atoms with Crippen LogP contribution in [0.4, 0.5) is 0 Å². The third-order valence-corrected chi connectivity index (χ3v) is 8.05. The zero-order valence-corrected chi connectivity index (χ0v) is 21.3. The fourth-order valence-electron chi connectivity index (χ4n) is 1.71. The quantitative estimate of drug-likeness (QED) is 0.249. The second-order valence-corrected chi connectivity index (χ2v) is 11.4. The molecule has 0 fully saturated rings. The van der Waals surface area contributed by atoms with Gasteiger partial charge in [-0.15, -0.1) is 0 Å². The van der Waals surface area contributed by atoms with Crippen LogP contribution in [0.25, 0.3) is 0 Å². The number of carbonyl (C=O) groups is 3. The van der Waals surface area contributed by atoms with Crippen LogP contribution in [0.15, 0.2) is 0 Å². The van der Waals surface area contributed by atoms with Crippen LogP contribution in [0, 0.1) is 0 Å². The molecule has 0 aromatic rings. The fourth-order valence-corrected chi connectivity index (χ4v) is 5.77. The van der Waals surface area contributed by atoms with Crippen molar-refractivity contribution in [1.29, 1.82) is 0 Å². The number of thioether (sulfide) groups is 3. The molecule has 0 aliphatic carbocycles. The second kappa shape index (κ2) is 16.7. The fraction of sp³-hybridized carbons (Fsp3) is 0.800. The van der Waals surface area contributed by atoms with Crippen LogP contribution in [0.1, 0.15) is 19.3 Å². The number of hydrogen-bond donors (Lipinski definition) is 3. The Morgan fingerprint density at radius 2 is 0.929 bits per heavy atom. The van der Waals surface area contributed by atoms with Crippen molar-refractivity contribution < 1.29 is 25.0 Å². The Morgan fingerprint density at radius 3 is 1.14 bits per heavy atom. The molecule has 6 N–H and O–H groups in total. The number of nitrogens with two attached hydrogens (primary N) is 3. The summed E-state index contributed by atoms with van der Waals surface area (Å²) in [5.41, 5.74) is 17.3. The van der Waals surface area contributed by atoms with Crippen LogP contribution in [0.5, 0.6) is 0 Å². The third-order valence-electron chi connectivity index (χ3n) is 3.44. The molecule has 28 heavy (non-hydrogen) atoms. The molecule has 0 saturated carbocycles. The average Bonchev–Trinajstić information content (AvgIpc) is 2.67. The summed E-state index contributed by atoms with van der Waals surface area (Å²) in [6, 6.07) is -2.69. The zero-order valence-electron chi connectivity index (χ0n) is 16.5. The molecule has 162 valence electrons. The van der Waals surface area contributed by atoms with Gasteiger partial charge in [0, 0.05) is 0 Å². The molecule has 0 saturated heterocycles. The van der Waals surface area contributed by atoms with E-state index in [1.807, 2.05) is 18.8 Å². The molecule has 0 aromatic heterocycles. The van der Waals surface area contributed by atoms with Gasteiger partial charge in [0.25, 0.3) is 0 Å². The number of carbonyl (C=O) groups excluding carboxylic acids is 3. The van der Waals surface area contributed by atoms with Crippen LogP contribution >= 0.6 is 35.3 Å². The van der Waals surface area contributed by atoms with E-state index in [1.54, 1.807) is 0 Å². The molecular weight excluding hydrogens is 484 g/mol. The first-order valence-electron chi connectivity index (χ1n) is 8.61. The van der Waals surface area contributed by atoms with Gasteiger partial charge in [-0.3, -0.25) is 0 Å². The molecule has 3 atom stereocenters. The summed E-state index contributed by atoms with van der Waals surface area (Å²) in [4.78, 5) is 36.4. The van der Waals surface area contributed by atoms with Gasteiger partial charge in [-0.2, -0.15) is 0 Å². The molecule has 0 aromatic carbocycles. The molecule has 0 bridgehead atoms.